The van der Waals surface area contributed by atoms with E-state index in [1.165, 1.54) is 0 Å². The van der Waals surface area contributed by atoms with E-state index in [0.717, 1.165) is 47.9 Å². The molecule has 0 spiro atoms. The van der Waals surface area contributed by atoms with Gasteiger partial charge in [0.05, 0.1) is 12.7 Å². The number of hydrogen-bond donors (Lipinski definition) is 0. The van der Waals surface area contributed by atoms with Crippen LogP contribution in [-0.4, -0.2) is 12.6 Å². The molecule has 0 bridgehead atoms. The molecule has 0 radical (unpaired) electrons. The normalized spacial score (nSPS) is 14.7. The summed E-state index contributed by atoms with van der Waals surface area (Å²) in [6, 6.07) is 18.3. The fourth-order valence-corrected chi connectivity index (χ4v) is 4.00. The fraction of sp³-hybridized carbons (Fsp3) is 0.417. The molecule has 1 aliphatic rings. The summed E-state index contributed by atoms with van der Waals surface area (Å²) in [4.78, 5) is 12.8. The second-order valence-corrected chi connectivity index (χ2v) is 7.31. The molecule has 0 amide bonds. The highest BCUT2D eigenvalue weighted by Gasteiger charge is 2.39. The van der Waals surface area contributed by atoms with Crippen LogP contribution in [0.25, 0.3) is 11.1 Å². The third-order valence-corrected chi connectivity index (χ3v) is 5.61. The minimum atomic E-state index is -0.821. The van der Waals surface area contributed by atoms with Crippen molar-refractivity contribution in [2.75, 3.05) is 6.61 Å². The average molecular weight is 361 g/mol. The van der Waals surface area contributed by atoms with Gasteiger partial charge in [0.15, 0.2) is 5.92 Å². The Morgan fingerprint density at radius 1 is 1.07 bits per heavy atom. The van der Waals surface area contributed by atoms with Gasteiger partial charge in [-0.1, -0.05) is 81.6 Å². The number of hydrogen-bond acceptors (Lipinski definition) is 3. The SMILES string of the molecule is CCCCC(CC)COC(=O)C(C#N)C1c2ccccc2-c2ccccc21. The number of unbranched alkanes of at least 4 members (excludes halogenated alkanes) is 1. The van der Waals surface area contributed by atoms with Crippen LogP contribution in [-0.2, 0) is 9.53 Å². The number of fused-ring (bicyclic) bond motifs is 3. The summed E-state index contributed by atoms with van der Waals surface area (Å²) in [6.07, 6.45) is 4.33. The zero-order valence-corrected chi connectivity index (χ0v) is 16.2. The first-order chi connectivity index (χ1) is 13.2. The standard InChI is InChI=1S/C24H27NO2/c1-3-5-10-17(4-2)16-27-24(26)22(15-25)23-20-13-8-6-11-18(20)19-12-7-9-14-21(19)23/h6-9,11-14,17,22-23H,3-5,10,16H2,1-2H3. The molecule has 3 heteroatoms. The van der Waals surface area contributed by atoms with Crippen molar-refractivity contribution in [3.8, 4) is 17.2 Å². The van der Waals surface area contributed by atoms with Gasteiger partial charge < -0.3 is 4.74 Å². The molecule has 2 unspecified atom stereocenters. The number of nitrogens with zero attached hydrogens (tertiary/aromatic N) is 1. The summed E-state index contributed by atoms with van der Waals surface area (Å²) in [5.74, 6) is -1.11. The molecule has 0 N–H and O–H groups in total. The maximum Gasteiger partial charge on any atom is 0.324 e. The third kappa shape index (κ3) is 3.90. The Hall–Kier alpha value is -2.60. The first-order valence-electron chi connectivity index (χ1n) is 9.95. The highest BCUT2D eigenvalue weighted by atomic mass is 16.5. The number of carbonyl (C=O) groups is 1. The molecule has 0 aromatic heterocycles. The monoisotopic (exact) mass is 361 g/mol. The smallest absolute Gasteiger partial charge is 0.324 e. The first-order valence-corrected chi connectivity index (χ1v) is 9.95. The van der Waals surface area contributed by atoms with Gasteiger partial charge in [0.25, 0.3) is 0 Å². The van der Waals surface area contributed by atoms with Crippen molar-refractivity contribution in [3.05, 3.63) is 59.7 Å². The Labute approximate surface area is 162 Å². The second-order valence-electron chi connectivity index (χ2n) is 7.31. The molecule has 27 heavy (non-hydrogen) atoms. The van der Waals surface area contributed by atoms with E-state index in [4.69, 9.17) is 4.74 Å². The number of carbonyl (C=O) groups excluding carboxylic acids is 1. The molecule has 2 atom stereocenters. The molecular weight excluding hydrogens is 334 g/mol. The van der Waals surface area contributed by atoms with Crippen molar-refractivity contribution < 1.29 is 9.53 Å². The molecule has 2 aromatic rings. The zero-order chi connectivity index (χ0) is 19.2. The van der Waals surface area contributed by atoms with Crippen LogP contribution in [0.15, 0.2) is 48.5 Å². The fourth-order valence-electron chi connectivity index (χ4n) is 4.00. The van der Waals surface area contributed by atoms with Crippen LogP contribution in [0, 0.1) is 23.2 Å². The Balaban J connectivity index is 1.81. The highest BCUT2D eigenvalue weighted by Crippen LogP contribution is 2.48. The van der Waals surface area contributed by atoms with Gasteiger partial charge in [-0.05, 0) is 34.6 Å². The van der Waals surface area contributed by atoms with Crippen LogP contribution in [0.3, 0.4) is 0 Å². The van der Waals surface area contributed by atoms with Gasteiger partial charge in [0, 0.05) is 5.92 Å². The van der Waals surface area contributed by atoms with Crippen LogP contribution in [0.5, 0.6) is 0 Å². The number of benzene rings is 2. The lowest BCUT2D eigenvalue weighted by atomic mass is 9.85. The lowest BCUT2D eigenvalue weighted by Gasteiger charge is -2.20. The van der Waals surface area contributed by atoms with E-state index in [2.05, 4.69) is 32.0 Å². The molecule has 3 rings (SSSR count). The van der Waals surface area contributed by atoms with Crippen molar-refractivity contribution in [2.24, 2.45) is 11.8 Å². The van der Waals surface area contributed by atoms with Gasteiger partial charge in [-0.3, -0.25) is 4.79 Å². The van der Waals surface area contributed by atoms with Gasteiger partial charge in [0.2, 0.25) is 0 Å². The summed E-state index contributed by atoms with van der Waals surface area (Å²) >= 11 is 0. The summed E-state index contributed by atoms with van der Waals surface area (Å²) in [5, 5.41) is 9.82. The number of rotatable bonds is 8. The summed E-state index contributed by atoms with van der Waals surface area (Å²) in [7, 11) is 0. The van der Waals surface area contributed by atoms with E-state index < -0.39 is 11.9 Å². The predicted octanol–water partition coefficient (Wildman–Crippen LogP) is 5.70. The number of esters is 1. The summed E-state index contributed by atoms with van der Waals surface area (Å²) in [6.45, 7) is 4.70. The van der Waals surface area contributed by atoms with Gasteiger partial charge >= 0.3 is 5.97 Å². The van der Waals surface area contributed by atoms with Crippen molar-refractivity contribution in [3.63, 3.8) is 0 Å². The van der Waals surface area contributed by atoms with E-state index in [0.29, 0.717) is 12.5 Å². The van der Waals surface area contributed by atoms with Crippen molar-refractivity contribution >= 4 is 5.97 Å². The molecular formula is C24H27NO2. The molecule has 1 aliphatic carbocycles. The maximum atomic E-state index is 12.8. The molecule has 0 saturated heterocycles. The topological polar surface area (TPSA) is 50.1 Å². The van der Waals surface area contributed by atoms with Crippen molar-refractivity contribution in [1.82, 2.24) is 0 Å². The highest BCUT2D eigenvalue weighted by molar-refractivity contribution is 5.85. The van der Waals surface area contributed by atoms with Crippen LogP contribution >= 0.6 is 0 Å². The minimum Gasteiger partial charge on any atom is -0.464 e. The van der Waals surface area contributed by atoms with Crippen molar-refractivity contribution in [2.45, 2.75) is 45.4 Å². The number of nitriles is 1. The van der Waals surface area contributed by atoms with Crippen LogP contribution in [0.2, 0.25) is 0 Å². The second kappa shape index (κ2) is 8.86. The van der Waals surface area contributed by atoms with E-state index in [9.17, 15) is 10.1 Å². The van der Waals surface area contributed by atoms with Gasteiger partial charge in [0.1, 0.15) is 0 Å². The Morgan fingerprint density at radius 3 is 2.19 bits per heavy atom. The number of ether oxygens (including phenoxy) is 1. The molecule has 2 aromatic carbocycles. The molecule has 0 heterocycles. The first kappa shape index (κ1) is 19.2. The maximum absolute atomic E-state index is 12.8. The predicted molar refractivity (Wildman–Crippen MR) is 107 cm³/mol. The van der Waals surface area contributed by atoms with Gasteiger partial charge in [-0.25, -0.2) is 0 Å². The van der Waals surface area contributed by atoms with Crippen LogP contribution in [0.4, 0.5) is 0 Å². The Kier molecular flexibility index (Phi) is 6.29. The summed E-state index contributed by atoms with van der Waals surface area (Å²) < 4.78 is 5.63. The van der Waals surface area contributed by atoms with E-state index in [1.807, 2.05) is 36.4 Å². The van der Waals surface area contributed by atoms with E-state index in [-0.39, 0.29) is 5.92 Å². The Bertz CT molecular complexity index is 791. The summed E-state index contributed by atoms with van der Waals surface area (Å²) in [5.41, 5.74) is 4.31. The lowest BCUT2D eigenvalue weighted by molar-refractivity contribution is -0.148. The Morgan fingerprint density at radius 2 is 1.67 bits per heavy atom. The lowest BCUT2D eigenvalue weighted by Crippen LogP contribution is -2.25. The van der Waals surface area contributed by atoms with Crippen LogP contribution in [0.1, 0.15) is 56.6 Å². The van der Waals surface area contributed by atoms with E-state index in [1.54, 1.807) is 0 Å². The van der Waals surface area contributed by atoms with E-state index >= 15 is 0 Å². The van der Waals surface area contributed by atoms with Crippen LogP contribution < -0.4 is 0 Å². The largest absolute Gasteiger partial charge is 0.464 e. The molecule has 3 nitrogen and oxygen atoms in total. The zero-order valence-electron chi connectivity index (χ0n) is 16.2. The molecule has 140 valence electrons. The molecule has 0 fully saturated rings. The quantitative estimate of drug-likeness (QED) is 0.567. The minimum absolute atomic E-state index is 0.259. The van der Waals surface area contributed by atoms with Gasteiger partial charge in [-0.2, -0.15) is 5.26 Å². The third-order valence-electron chi connectivity index (χ3n) is 5.61. The molecule has 0 aliphatic heterocycles. The average Bonchev–Trinajstić information content (AvgIpc) is 3.04. The van der Waals surface area contributed by atoms with Crippen molar-refractivity contribution in [1.29, 1.82) is 5.26 Å². The van der Waals surface area contributed by atoms with Gasteiger partial charge in [-0.15, -0.1) is 0 Å². The molecule has 0 saturated carbocycles.